The normalized spacial score (nSPS) is 12.2. The van der Waals surface area contributed by atoms with Gasteiger partial charge in [-0.2, -0.15) is 0 Å². The van der Waals surface area contributed by atoms with Gasteiger partial charge in [0.05, 0.1) is 0 Å². The summed E-state index contributed by atoms with van der Waals surface area (Å²) < 4.78 is 11.6. The van der Waals surface area contributed by atoms with Crippen molar-refractivity contribution in [3.63, 3.8) is 0 Å². The molecule has 0 saturated heterocycles. The van der Waals surface area contributed by atoms with Gasteiger partial charge in [0.15, 0.2) is 11.5 Å². The van der Waals surface area contributed by atoms with Crippen molar-refractivity contribution in [2.75, 3.05) is 0 Å². The van der Waals surface area contributed by atoms with Gasteiger partial charge in [-0.25, -0.2) is 9.59 Å². The van der Waals surface area contributed by atoms with Crippen LogP contribution in [0.25, 0.3) is 12.2 Å². The van der Waals surface area contributed by atoms with E-state index in [4.69, 9.17) is 9.47 Å². The Morgan fingerprint density at radius 1 is 0.639 bits per heavy atom. The number of hydrogen-bond donors (Lipinski definition) is 0. The van der Waals surface area contributed by atoms with E-state index in [9.17, 15) is 9.59 Å². The van der Waals surface area contributed by atoms with Crippen molar-refractivity contribution in [3.8, 4) is 11.5 Å². The SMILES string of the molecule is CC(C)(C)c1cc(OC(=O)/C=C/c2ccccc2)c(OC(=O)/C=C/c2ccccc2)c(C(C)(C)C)c1. The molecule has 0 aromatic heterocycles. The molecule has 3 aromatic rings. The summed E-state index contributed by atoms with van der Waals surface area (Å²) in [5.41, 5.74) is 2.93. The Hall–Kier alpha value is -3.92. The van der Waals surface area contributed by atoms with Gasteiger partial charge < -0.3 is 9.47 Å². The molecule has 0 fully saturated rings. The highest BCUT2D eigenvalue weighted by Crippen LogP contribution is 2.42. The molecule has 4 nitrogen and oxygen atoms in total. The van der Waals surface area contributed by atoms with E-state index in [1.165, 1.54) is 12.2 Å². The lowest BCUT2D eigenvalue weighted by atomic mass is 9.80. The molecule has 0 spiro atoms. The van der Waals surface area contributed by atoms with E-state index in [-0.39, 0.29) is 22.3 Å². The third kappa shape index (κ3) is 7.54. The average Bonchev–Trinajstić information content (AvgIpc) is 2.82. The average molecular weight is 483 g/mol. The summed E-state index contributed by atoms with van der Waals surface area (Å²) in [6, 6.07) is 22.8. The Kier molecular flexibility index (Phi) is 8.31. The maximum Gasteiger partial charge on any atom is 0.336 e. The van der Waals surface area contributed by atoms with Crippen LogP contribution < -0.4 is 9.47 Å². The maximum absolute atomic E-state index is 12.8. The van der Waals surface area contributed by atoms with E-state index in [0.717, 1.165) is 22.3 Å². The highest BCUT2D eigenvalue weighted by Gasteiger charge is 2.28. The number of hydrogen-bond acceptors (Lipinski definition) is 4. The zero-order chi connectivity index (χ0) is 26.3. The van der Waals surface area contributed by atoms with Crippen LogP contribution in [0.2, 0.25) is 0 Å². The third-order valence-corrected chi connectivity index (χ3v) is 5.56. The molecule has 0 aliphatic carbocycles. The van der Waals surface area contributed by atoms with E-state index >= 15 is 0 Å². The van der Waals surface area contributed by atoms with Gasteiger partial charge in [-0.3, -0.25) is 0 Å². The topological polar surface area (TPSA) is 52.6 Å². The van der Waals surface area contributed by atoms with Crippen LogP contribution in [0.3, 0.4) is 0 Å². The van der Waals surface area contributed by atoms with Crippen molar-refractivity contribution < 1.29 is 19.1 Å². The Balaban J connectivity index is 2.00. The number of esters is 2. The highest BCUT2D eigenvalue weighted by atomic mass is 16.6. The molecule has 0 unspecified atom stereocenters. The van der Waals surface area contributed by atoms with Crippen LogP contribution in [0.15, 0.2) is 84.9 Å². The van der Waals surface area contributed by atoms with E-state index in [1.54, 1.807) is 18.2 Å². The fourth-order valence-electron chi connectivity index (χ4n) is 3.51. The molecule has 3 aromatic carbocycles. The molecule has 0 heterocycles. The van der Waals surface area contributed by atoms with Crippen molar-refractivity contribution in [1.82, 2.24) is 0 Å². The lowest BCUT2D eigenvalue weighted by Crippen LogP contribution is -2.20. The van der Waals surface area contributed by atoms with E-state index in [1.807, 2.05) is 87.5 Å². The molecule has 0 atom stereocenters. The number of ether oxygens (including phenoxy) is 2. The zero-order valence-electron chi connectivity index (χ0n) is 21.9. The lowest BCUT2D eigenvalue weighted by Gasteiger charge is -2.28. The fourth-order valence-corrected chi connectivity index (χ4v) is 3.51. The molecular formula is C32H34O4. The summed E-state index contributed by atoms with van der Waals surface area (Å²) in [5.74, 6) is -0.636. The van der Waals surface area contributed by atoms with E-state index < -0.39 is 11.9 Å². The van der Waals surface area contributed by atoms with Crippen molar-refractivity contribution in [2.24, 2.45) is 0 Å². The summed E-state index contributed by atoms with van der Waals surface area (Å²) in [4.78, 5) is 25.6. The molecule has 0 N–H and O–H groups in total. The Bertz CT molecular complexity index is 1260. The van der Waals surface area contributed by atoms with E-state index in [2.05, 4.69) is 20.8 Å². The quantitative estimate of drug-likeness (QED) is 0.207. The first kappa shape index (κ1) is 26.7. The van der Waals surface area contributed by atoms with Crippen molar-refractivity contribution in [3.05, 3.63) is 107 Å². The molecule has 0 aliphatic rings. The molecule has 186 valence electrons. The summed E-state index contributed by atoms with van der Waals surface area (Å²) in [6.45, 7) is 12.4. The first-order valence-electron chi connectivity index (χ1n) is 12.0. The molecule has 3 rings (SSSR count). The largest absolute Gasteiger partial charge is 0.419 e. The lowest BCUT2D eigenvalue weighted by molar-refractivity contribution is -0.131. The Morgan fingerprint density at radius 3 is 1.56 bits per heavy atom. The van der Waals surface area contributed by atoms with Gasteiger partial charge in [0.2, 0.25) is 0 Å². The minimum absolute atomic E-state index is 0.212. The fraction of sp³-hybridized carbons (Fsp3) is 0.250. The number of benzene rings is 3. The zero-order valence-corrected chi connectivity index (χ0v) is 21.9. The highest BCUT2D eigenvalue weighted by molar-refractivity contribution is 5.91. The molecule has 36 heavy (non-hydrogen) atoms. The van der Waals surface area contributed by atoms with Gasteiger partial charge in [-0.15, -0.1) is 0 Å². The smallest absolute Gasteiger partial charge is 0.336 e. The molecular weight excluding hydrogens is 448 g/mol. The number of rotatable bonds is 6. The van der Waals surface area contributed by atoms with Gasteiger partial charge in [-0.1, -0.05) is 108 Å². The number of carbonyl (C=O) groups is 2. The molecule has 0 saturated carbocycles. The number of carbonyl (C=O) groups excluding carboxylic acids is 2. The van der Waals surface area contributed by atoms with Crippen molar-refractivity contribution in [2.45, 2.75) is 52.4 Å². The van der Waals surface area contributed by atoms with Gasteiger partial charge >= 0.3 is 11.9 Å². The maximum atomic E-state index is 12.8. The Morgan fingerprint density at radius 2 is 1.11 bits per heavy atom. The summed E-state index contributed by atoms with van der Waals surface area (Å²) in [5, 5.41) is 0. The molecule has 0 amide bonds. The van der Waals surface area contributed by atoms with Crippen LogP contribution >= 0.6 is 0 Å². The molecule has 0 radical (unpaired) electrons. The van der Waals surface area contributed by atoms with Crippen molar-refractivity contribution >= 4 is 24.1 Å². The second-order valence-electron chi connectivity index (χ2n) is 10.7. The van der Waals surface area contributed by atoms with Gasteiger partial charge in [0.25, 0.3) is 0 Å². The second-order valence-corrected chi connectivity index (χ2v) is 10.7. The van der Waals surface area contributed by atoms with Gasteiger partial charge in [0.1, 0.15) is 0 Å². The van der Waals surface area contributed by atoms with Gasteiger partial charge in [0, 0.05) is 17.7 Å². The third-order valence-electron chi connectivity index (χ3n) is 5.56. The molecule has 0 bridgehead atoms. The monoisotopic (exact) mass is 482 g/mol. The van der Waals surface area contributed by atoms with Gasteiger partial charge in [-0.05, 0) is 45.7 Å². The van der Waals surface area contributed by atoms with Crippen LogP contribution in [-0.4, -0.2) is 11.9 Å². The van der Waals surface area contributed by atoms with Crippen LogP contribution in [-0.2, 0) is 20.4 Å². The summed E-state index contributed by atoms with van der Waals surface area (Å²) in [6.07, 6.45) is 6.13. The molecule has 0 aliphatic heterocycles. The predicted octanol–water partition coefficient (Wildman–Crippen LogP) is 7.52. The minimum Gasteiger partial charge on any atom is -0.419 e. The molecule has 4 heteroatoms. The first-order valence-corrected chi connectivity index (χ1v) is 12.0. The van der Waals surface area contributed by atoms with Crippen LogP contribution in [0.1, 0.15) is 63.8 Å². The summed E-state index contributed by atoms with van der Waals surface area (Å²) in [7, 11) is 0. The van der Waals surface area contributed by atoms with Crippen molar-refractivity contribution in [1.29, 1.82) is 0 Å². The summed E-state index contributed by atoms with van der Waals surface area (Å²) >= 11 is 0. The predicted molar refractivity (Wildman–Crippen MR) is 146 cm³/mol. The second kappa shape index (κ2) is 11.2. The first-order chi connectivity index (χ1) is 16.9. The van der Waals surface area contributed by atoms with E-state index in [0.29, 0.717) is 0 Å². The Labute approximate surface area is 214 Å². The van der Waals surface area contributed by atoms with Crippen LogP contribution in [0.5, 0.6) is 11.5 Å². The minimum atomic E-state index is -0.554. The van der Waals surface area contributed by atoms with Crippen LogP contribution in [0, 0.1) is 0 Å². The van der Waals surface area contributed by atoms with Crippen LogP contribution in [0.4, 0.5) is 0 Å². The standard InChI is InChI=1S/C32H34O4/c1-31(2,3)25-21-26(32(4,5)6)30(36-29(34)20-18-24-15-11-8-12-16-24)27(22-25)35-28(33)19-17-23-13-9-7-10-14-23/h7-22H,1-6H3/b19-17+,20-18+.